The van der Waals surface area contributed by atoms with E-state index in [1.807, 2.05) is 48.1 Å². The van der Waals surface area contributed by atoms with Crippen molar-refractivity contribution in [2.75, 3.05) is 0 Å². The van der Waals surface area contributed by atoms with Crippen molar-refractivity contribution in [2.24, 2.45) is 7.05 Å². The summed E-state index contributed by atoms with van der Waals surface area (Å²) in [7, 11) is 2.03. The highest BCUT2D eigenvalue weighted by Crippen LogP contribution is 2.26. The van der Waals surface area contributed by atoms with Gasteiger partial charge in [-0.3, -0.25) is 0 Å². The van der Waals surface area contributed by atoms with Gasteiger partial charge in [-0.2, -0.15) is 5.10 Å². The van der Waals surface area contributed by atoms with Gasteiger partial charge in [-0.25, -0.2) is 14.5 Å². The number of aryl methyl sites for hydroxylation is 2. The Morgan fingerprint density at radius 3 is 2.54 bits per heavy atom. The molecule has 0 bridgehead atoms. The van der Waals surface area contributed by atoms with Crippen LogP contribution in [0.4, 0.5) is 0 Å². The van der Waals surface area contributed by atoms with Gasteiger partial charge in [0.1, 0.15) is 5.69 Å². The van der Waals surface area contributed by atoms with E-state index in [9.17, 15) is 0 Å². The number of imidazole rings is 1. The van der Waals surface area contributed by atoms with Crippen LogP contribution in [0, 0.1) is 6.92 Å². The lowest BCUT2D eigenvalue weighted by Gasteiger charge is -2.04. The topological polar surface area (TPSA) is 48.0 Å². The minimum Gasteiger partial charge on any atom is -0.326 e. The summed E-state index contributed by atoms with van der Waals surface area (Å²) >= 11 is 0. The minimum atomic E-state index is 0.810. The van der Waals surface area contributed by atoms with Crippen LogP contribution in [0.3, 0.4) is 0 Å². The Bertz CT molecular complexity index is 1240. The second-order valence-corrected chi connectivity index (χ2v) is 6.48. The van der Waals surface area contributed by atoms with Crippen molar-refractivity contribution in [3.63, 3.8) is 0 Å². The van der Waals surface area contributed by atoms with Crippen LogP contribution in [0.15, 0.2) is 66.9 Å². The quantitative estimate of drug-likeness (QED) is 0.483. The van der Waals surface area contributed by atoms with Crippen LogP contribution in [-0.4, -0.2) is 24.1 Å². The maximum absolute atomic E-state index is 4.80. The van der Waals surface area contributed by atoms with Crippen LogP contribution in [-0.2, 0) is 7.05 Å². The van der Waals surface area contributed by atoms with E-state index in [1.165, 1.54) is 5.56 Å². The first-order valence-electron chi connectivity index (χ1n) is 8.54. The standard InChI is InChI=1S/C21H17N5/c1-14-7-9-15(10-8-14)17-13-20-22-12-11-19(26(20)24-17)21-23-16-5-3-4-6-18(16)25(21)2/h3-13H,1-2H3. The van der Waals surface area contributed by atoms with Crippen LogP contribution in [0.2, 0.25) is 0 Å². The summed E-state index contributed by atoms with van der Waals surface area (Å²) in [4.78, 5) is 9.28. The zero-order valence-corrected chi connectivity index (χ0v) is 14.6. The second kappa shape index (κ2) is 5.52. The maximum Gasteiger partial charge on any atom is 0.159 e. The predicted molar refractivity (Wildman–Crippen MR) is 103 cm³/mol. The molecule has 5 heteroatoms. The third-order valence-electron chi connectivity index (χ3n) is 4.72. The van der Waals surface area contributed by atoms with Crippen LogP contribution in [0.25, 0.3) is 39.5 Å². The zero-order chi connectivity index (χ0) is 17.7. The molecule has 0 unspecified atom stereocenters. The van der Waals surface area contributed by atoms with Gasteiger partial charge in [-0.1, -0.05) is 42.0 Å². The first-order chi connectivity index (χ1) is 12.7. The molecule has 3 aromatic heterocycles. The van der Waals surface area contributed by atoms with Gasteiger partial charge in [0.15, 0.2) is 11.5 Å². The van der Waals surface area contributed by atoms with E-state index >= 15 is 0 Å². The molecule has 5 nitrogen and oxygen atoms in total. The molecule has 5 rings (SSSR count). The Morgan fingerprint density at radius 1 is 0.923 bits per heavy atom. The molecule has 0 N–H and O–H groups in total. The van der Waals surface area contributed by atoms with E-state index in [1.54, 1.807) is 0 Å². The van der Waals surface area contributed by atoms with Gasteiger partial charge >= 0.3 is 0 Å². The summed E-state index contributed by atoms with van der Waals surface area (Å²) in [6.07, 6.45) is 1.81. The molecule has 0 saturated carbocycles. The summed E-state index contributed by atoms with van der Waals surface area (Å²) in [5, 5.41) is 4.80. The van der Waals surface area contributed by atoms with E-state index in [2.05, 4.69) is 46.8 Å². The van der Waals surface area contributed by atoms with Gasteiger partial charge in [0, 0.05) is 24.9 Å². The number of nitrogens with zero attached hydrogens (tertiary/aromatic N) is 5. The van der Waals surface area contributed by atoms with E-state index in [0.717, 1.165) is 39.5 Å². The Kier molecular flexibility index (Phi) is 3.15. The van der Waals surface area contributed by atoms with E-state index in [4.69, 9.17) is 10.1 Å². The summed E-state index contributed by atoms with van der Waals surface area (Å²) in [5.41, 5.74) is 7.02. The van der Waals surface area contributed by atoms with Crippen molar-refractivity contribution >= 4 is 16.7 Å². The van der Waals surface area contributed by atoms with Gasteiger partial charge in [-0.05, 0) is 25.1 Å². The predicted octanol–water partition coefficient (Wildman–Crippen LogP) is 4.26. The third-order valence-corrected chi connectivity index (χ3v) is 4.72. The van der Waals surface area contributed by atoms with Crippen molar-refractivity contribution in [2.45, 2.75) is 6.92 Å². The molecule has 0 amide bonds. The third kappa shape index (κ3) is 2.21. The smallest absolute Gasteiger partial charge is 0.159 e. The summed E-state index contributed by atoms with van der Waals surface area (Å²) in [6, 6.07) is 20.5. The molecule has 126 valence electrons. The normalized spacial score (nSPS) is 11.5. The number of para-hydroxylation sites is 2. The fourth-order valence-corrected chi connectivity index (χ4v) is 3.30. The number of fused-ring (bicyclic) bond motifs is 2. The van der Waals surface area contributed by atoms with Gasteiger partial charge in [0.2, 0.25) is 0 Å². The van der Waals surface area contributed by atoms with Crippen molar-refractivity contribution in [3.05, 3.63) is 72.4 Å². The summed E-state index contributed by atoms with van der Waals surface area (Å²) in [5.74, 6) is 0.872. The largest absolute Gasteiger partial charge is 0.326 e. The van der Waals surface area contributed by atoms with Gasteiger partial charge in [-0.15, -0.1) is 0 Å². The highest BCUT2D eigenvalue weighted by atomic mass is 15.3. The molecule has 0 atom stereocenters. The molecular weight excluding hydrogens is 322 g/mol. The minimum absolute atomic E-state index is 0.810. The Labute approximate surface area is 150 Å². The van der Waals surface area contributed by atoms with E-state index in [0.29, 0.717) is 0 Å². The Morgan fingerprint density at radius 2 is 1.73 bits per heavy atom. The van der Waals surface area contributed by atoms with Crippen LogP contribution >= 0.6 is 0 Å². The molecule has 5 aromatic rings. The monoisotopic (exact) mass is 339 g/mol. The molecule has 0 aliphatic heterocycles. The molecule has 0 saturated heterocycles. The molecule has 0 radical (unpaired) electrons. The Balaban J connectivity index is 1.73. The summed E-state index contributed by atoms with van der Waals surface area (Å²) in [6.45, 7) is 2.08. The number of benzene rings is 2. The number of aromatic nitrogens is 5. The van der Waals surface area contributed by atoms with E-state index < -0.39 is 0 Å². The van der Waals surface area contributed by atoms with Crippen LogP contribution in [0.5, 0.6) is 0 Å². The lowest BCUT2D eigenvalue weighted by atomic mass is 10.1. The molecule has 26 heavy (non-hydrogen) atoms. The molecule has 0 spiro atoms. The van der Waals surface area contributed by atoms with Crippen molar-refractivity contribution in [1.82, 2.24) is 24.1 Å². The highest BCUT2D eigenvalue weighted by molar-refractivity contribution is 5.80. The van der Waals surface area contributed by atoms with Crippen molar-refractivity contribution in [1.29, 1.82) is 0 Å². The van der Waals surface area contributed by atoms with Crippen molar-refractivity contribution in [3.8, 4) is 22.8 Å². The first kappa shape index (κ1) is 14.8. The van der Waals surface area contributed by atoms with Gasteiger partial charge in [0.05, 0.1) is 16.7 Å². The van der Waals surface area contributed by atoms with Crippen LogP contribution < -0.4 is 0 Å². The number of hydrogen-bond donors (Lipinski definition) is 0. The number of rotatable bonds is 2. The van der Waals surface area contributed by atoms with Gasteiger partial charge < -0.3 is 4.57 Å². The molecule has 0 fully saturated rings. The zero-order valence-electron chi connectivity index (χ0n) is 14.6. The first-order valence-corrected chi connectivity index (χ1v) is 8.54. The molecular formula is C21H17N5. The lowest BCUT2D eigenvalue weighted by molar-refractivity contribution is 0.897. The van der Waals surface area contributed by atoms with E-state index in [-0.39, 0.29) is 0 Å². The average Bonchev–Trinajstić information content (AvgIpc) is 3.24. The fraction of sp³-hybridized carbons (Fsp3) is 0.0952. The maximum atomic E-state index is 4.80. The highest BCUT2D eigenvalue weighted by Gasteiger charge is 2.15. The Hall–Kier alpha value is -3.47. The molecule has 3 heterocycles. The number of hydrogen-bond acceptors (Lipinski definition) is 3. The average molecular weight is 339 g/mol. The molecule has 0 aliphatic carbocycles. The van der Waals surface area contributed by atoms with Gasteiger partial charge in [0.25, 0.3) is 0 Å². The fourth-order valence-electron chi connectivity index (χ4n) is 3.30. The van der Waals surface area contributed by atoms with Crippen LogP contribution in [0.1, 0.15) is 5.56 Å². The molecule has 2 aromatic carbocycles. The van der Waals surface area contributed by atoms with Crippen molar-refractivity contribution < 1.29 is 0 Å². The SMILES string of the molecule is Cc1ccc(-c2cc3nccc(-c4nc5ccccc5n4C)n3n2)cc1. The summed E-state index contributed by atoms with van der Waals surface area (Å²) < 4.78 is 3.97. The molecule has 0 aliphatic rings. The lowest BCUT2D eigenvalue weighted by Crippen LogP contribution is -2.01. The second-order valence-electron chi connectivity index (χ2n) is 6.48.